The molecule has 0 bridgehead atoms. The summed E-state index contributed by atoms with van der Waals surface area (Å²) in [5.74, 6) is -0.486. The van der Waals surface area contributed by atoms with Crippen LogP contribution in [-0.2, 0) is 10.3 Å². The van der Waals surface area contributed by atoms with E-state index >= 15 is 0 Å². The molecule has 1 fully saturated rings. The summed E-state index contributed by atoms with van der Waals surface area (Å²) < 4.78 is 19.0. The Morgan fingerprint density at radius 1 is 1.47 bits per heavy atom. The average molecular weight is 285 g/mol. The molecule has 3 amide bonds. The highest BCUT2D eigenvalue weighted by molar-refractivity contribution is 6.18. The molecule has 1 spiro atoms. The third-order valence-corrected chi connectivity index (χ3v) is 3.69. The minimum atomic E-state index is -1.30. The van der Waals surface area contributed by atoms with Crippen molar-refractivity contribution < 1.29 is 18.7 Å². The second kappa shape index (κ2) is 4.09. The van der Waals surface area contributed by atoms with E-state index in [1.807, 2.05) is 0 Å². The number of imide groups is 1. The largest absolute Gasteiger partial charge is 0.489 e. The maximum absolute atomic E-state index is 13.4. The minimum absolute atomic E-state index is 0.168. The minimum Gasteiger partial charge on any atom is -0.489 e. The van der Waals surface area contributed by atoms with Gasteiger partial charge in [0.1, 0.15) is 17.7 Å². The lowest BCUT2D eigenvalue weighted by atomic mass is 9.82. The third-order valence-electron chi connectivity index (χ3n) is 3.34. The van der Waals surface area contributed by atoms with E-state index in [1.54, 1.807) is 0 Å². The van der Waals surface area contributed by atoms with Crippen molar-refractivity contribution in [1.29, 1.82) is 0 Å². The maximum Gasteiger partial charge on any atom is 0.322 e. The molecule has 2 aliphatic heterocycles. The van der Waals surface area contributed by atoms with Crippen LogP contribution in [-0.4, -0.2) is 23.9 Å². The van der Waals surface area contributed by atoms with Crippen molar-refractivity contribution in [2.75, 3.05) is 5.88 Å². The summed E-state index contributed by atoms with van der Waals surface area (Å²) in [5, 5.41) is 4.73. The number of hydrogen-bond acceptors (Lipinski definition) is 3. The number of hydrogen-bond donors (Lipinski definition) is 2. The van der Waals surface area contributed by atoms with Gasteiger partial charge < -0.3 is 10.1 Å². The van der Waals surface area contributed by atoms with Crippen LogP contribution in [0.25, 0.3) is 0 Å². The van der Waals surface area contributed by atoms with Crippen molar-refractivity contribution in [3.05, 3.63) is 29.6 Å². The van der Waals surface area contributed by atoms with Crippen LogP contribution < -0.4 is 15.4 Å². The molecule has 1 aromatic rings. The molecular weight excluding hydrogens is 275 g/mol. The normalized spacial score (nSPS) is 28.6. The van der Waals surface area contributed by atoms with Gasteiger partial charge in [-0.15, -0.1) is 11.6 Å². The number of nitrogens with one attached hydrogen (secondary N) is 2. The molecule has 2 heterocycles. The van der Waals surface area contributed by atoms with Gasteiger partial charge in [0, 0.05) is 12.0 Å². The number of amides is 3. The molecule has 0 saturated carbocycles. The Labute approximate surface area is 113 Å². The number of urea groups is 1. The number of rotatable bonds is 1. The monoisotopic (exact) mass is 284 g/mol. The van der Waals surface area contributed by atoms with Crippen LogP contribution in [0.2, 0.25) is 0 Å². The van der Waals surface area contributed by atoms with Gasteiger partial charge in [-0.05, 0) is 18.2 Å². The SMILES string of the molecule is O=C1NC(=O)[C@]2(C[C@H](CCl)Oc3ccc(F)cc32)N1. The van der Waals surface area contributed by atoms with Crippen molar-refractivity contribution in [1.82, 2.24) is 10.6 Å². The van der Waals surface area contributed by atoms with E-state index < -0.39 is 29.4 Å². The van der Waals surface area contributed by atoms with Gasteiger partial charge in [-0.2, -0.15) is 0 Å². The highest BCUT2D eigenvalue weighted by Crippen LogP contribution is 2.41. The number of benzene rings is 1. The highest BCUT2D eigenvalue weighted by atomic mass is 35.5. The fraction of sp³-hybridized carbons (Fsp3) is 0.333. The van der Waals surface area contributed by atoms with Crippen LogP contribution in [0.1, 0.15) is 12.0 Å². The van der Waals surface area contributed by atoms with Gasteiger partial charge in [-0.25, -0.2) is 9.18 Å². The standard InChI is InChI=1S/C12H10ClFN2O3/c13-5-7-4-12(10(17)15-11(18)16-12)8-3-6(14)1-2-9(8)19-7/h1-3,7H,4-5H2,(H2,15,16,17,18)/t7-,12-/m1/s1. The van der Waals surface area contributed by atoms with Crippen LogP contribution >= 0.6 is 11.6 Å². The zero-order chi connectivity index (χ0) is 13.6. The number of carbonyl (C=O) groups is 2. The van der Waals surface area contributed by atoms with Crippen LogP contribution in [0.3, 0.4) is 0 Å². The number of alkyl halides is 1. The maximum atomic E-state index is 13.4. The topological polar surface area (TPSA) is 67.4 Å². The fourth-order valence-corrected chi connectivity index (χ4v) is 2.69. The lowest BCUT2D eigenvalue weighted by Crippen LogP contribution is -2.50. The summed E-state index contributed by atoms with van der Waals surface area (Å²) >= 11 is 5.78. The van der Waals surface area contributed by atoms with E-state index in [9.17, 15) is 14.0 Å². The molecule has 100 valence electrons. The Morgan fingerprint density at radius 2 is 2.26 bits per heavy atom. The molecule has 3 rings (SSSR count). The van der Waals surface area contributed by atoms with Gasteiger partial charge in [0.2, 0.25) is 0 Å². The van der Waals surface area contributed by atoms with Crippen molar-refractivity contribution in [3.8, 4) is 5.75 Å². The van der Waals surface area contributed by atoms with Crippen molar-refractivity contribution in [3.63, 3.8) is 0 Å². The highest BCUT2D eigenvalue weighted by Gasteiger charge is 2.53. The predicted octanol–water partition coefficient (Wildman–Crippen LogP) is 1.25. The zero-order valence-electron chi connectivity index (χ0n) is 9.70. The molecule has 5 nitrogen and oxygen atoms in total. The summed E-state index contributed by atoms with van der Waals surface area (Å²) in [6.07, 6.45) is -0.256. The first-order chi connectivity index (χ1) is 9.05. The molecule has 0 unspecified atom stereocenters. The van der Waals surface area contributed by atoms with E-state index in [4.69, 9.17) is 16.3 Å². The molecule has 19 heavy (non-hydrogen) atoms. The zero-order valence-corrected chi connectivity index (χ0v) is 10.5. The first-order valence-electron chi connectivity index (χ1n) is 5.71. The molecule has 2 atom stereocenters. The van der Waals surface area contributed by atoms with Gasteiger partial charge in [0.05, 0.1) is 5.88 Å². The molecule has 1 aromatic carbocycles. The first kappa shape index (κ1) is 12.2. The first-order valence-corrected chi connectivity index (χ1v) is 6.25. The van der Waals surface area contributed by atoms with Crippen LogP contribution in [0.4, 0.5) is 9.18 Å². The molecule has 2 N–H and O–H groups in total. The van der Waals surface area contributed by atoms with E-state index in [-0.39, 0.29) is 12.3 Å². The molecule has 0 radical (unpaired) electrons. The third kappa shape index (κ3) is 1.74. The van der Waals surface area contributed by atoms with Crippen LogP contribution in [0.5, 0.6) is 5.75 Å². The van der Waals surface area contributed by atoms with E-state index in [1.165, 1.54) is 18.2 Å². The Bertz CT molecular complexity index is 580. The molecular formula is C12H10ClFN2O3. The van der Waals surface area contributed by atoms with Crippen LogP contribution in [0.15, 0.2) is 18.2 Å². The lowest BCUT2D eigenvalue weighted by Gasteiger charge is -2.36. The molecule has 0 aromatic heterocycles. The van der Waals surface area contributed by atoms with E-state index in [2.05, 4.69) is 10.6 Å². The summed E-state index contributed by atoms with van der Waals surface area (Å²) in [4.78, 5) is 23.5. The van der Waals surface area contributed by atoms with Crippen molar-refractivity contribution in [2.24, 2.45) is 0 Å². The fourth-order valence-electron chi connectivity index (χ4n) is 2.52. The Balaban J connectivity index is 2.17. The lowest BCUT2D eigenvalue weighted by molar-refractivity contribution is -0.126. The average Bonchev–Trinajstić information content (AvgIpc) is 2.65. The summed E-state index contributed by atoms with van der Waals surface area (Å²) in [6.45, 7) is 0. The molecule has 7 heteroatoms. The second-order valence-corrected chi connectivity index (χ2v) is 4.86. The van der Waals surface area contributed by atoms with Crippen LogP contribution in [0, 0.1) is 5.82 Å². The van der Waals surface area contributed by atoms with Gasteiger partial charge in [0.15, 0.2) is 5.54 Å². The van der Waals surface area contributed by atoms with Gasteiger partial charge in [-0.3, -0.25) is 10.1 Å². The summed E-state index contributed by atoms with van der Waals surface area (Å²) in [7, 11) is 0. The number of fused-ring (bicyclic) bond motifs is 2. The Hall–Kier alpha value is -1.82. The van der Waals surface area contributed by atoms with E-state index in [0.29, 0.717) is 11.3 Å². The molecule has 0 aliphatic carbocycles. The smallest absolute Gasteiger partial charge is 0.322 e. The molecule has 2 aliphatic rings. The Kier molecular flexibility index (Phi) is 2.63. The van der Waals surface area contributed by atoms with Gasteiger partial charge in [0.25, 0.3) is 5.91 Å². The predicted molar refractivity (Wildman–Crippen MR) is 64.5 cm³/mol. The second-order valence-electron chi connectivity index (χ2n) is 4.55. The van der Waals surface area contributed by atoms with Gasteiger partial charge in [-0.1, -0.05) is 0 Å². The van der Waals surface area contributed by atoms with Crippen molar-refractivity contribution >= 4 is 23.5 Å². The van der Waals surface area contributed by atoms with E-state index in [0.717, 1.165) is 0 Å². The van der Waals surface area contributed by atoms with Crippen molar-refractivity contribution in [2.45, 2.75) is 18.1 Å². The number of ether oxygens (including phenoxy) is 1. The number of halogens is 2. The molecule has 1 saturated heterocycles. The van der Waals surface area contributed by atoms with Gasteiger partial charge >= 0.3 is 6.03 Å². The number of carbonyl (C=O) groups excluding carboxylic acids is 2. The summed E-state index contributed by atoms with van der Waals surface area (Å²) in [5.41, 5.74) is -0.982. The quantitative estimate of drug-likeness (QED) is 0.602. The Morgan fingerprint density at radius 3 is 2.89 bits per heavy atom. The summed E-state index contributed by atoms with van der Waals surface area (Å²) in [6, 6.07) is 3.27.